The van der Waals surface area contributed by atoms with Gasteiger partial charge in [-0.05, 0) is 14.0 Å². The van der Waals surface area contributed by atoms with Gasteiger partial charge in [-0.2, -0.15) is 0 Å². The minimum Gasteiger partial charge on any atom is -0.393 e. The summed E-state index contributed by atoms with van der Waals surface area (Å²) >= 11 is 4.68. The highest BCUT2D eigenvalue weighted by atomic mass is 32.1. The summed E-state index contributed by atoms with van der Waals surface area (Å²) in [6.45, 7) is 2.04. The van der Waals surface area contributed by atoms with Gasteiger partial charge in [0.1, 0.15) is 0 Å². The zero-order valence-corrected chi connectivity index (χ0v) is 6.09. The van der Waals surface area contributed by atoms with Crippen molar-refractivity contribution in [1.82, 2.24) is 5.32 Å². The van der Waals surface area contributed by atoms with E-state index in [2.05, 4.69) is 17.5 Å². The van der Waals surface area contributed by atoms with Crippen LogP contribution in [0.5, 0.6) is 0 Å². The summed E-state index contributed by atoms with van der Waals surface area (Å²) in [5.74, 6) is 0. The molecular formula is C5H12N2S. The van der Waals surface area contributed by atoms with E-state index in [4.69, 9.17) is 5.73 Å². The largest absolute Gasteiger partial charge is 0.393 e. The van der Waals surface area contributed by atoms with Crippen LogP contribution in [0.2, 0.25) is 0 Å². The first-order chi connectivity index (χ1) is 3.66. The van der Waals surface area contributed by atoms with Crippen LogP contribution in [0.3, 0.4) is 0 Å². The molecule has 0 aromatic carbocycles. The Morgan fingerprint density at radius 2 is 2.38 bits per heavy atom. The van der Waals surface area contributed by atoms with Crippen LogP contribution in [0.1, 0.15) is 13.3 Å². The van der Waals surface area contributed by atoms with E-state index in [9.17, 15) is 0 Å². The molecule has 0 aromatic rings. The molecule has 8 heavy (non-hydrogen) atoms. The van der Waals surface area contributed by atoms with Gasteiger partial charge < -0.3 is 11.1 Å². The van der Waals surface area contributed by atoms with E-state index in [1.54, 1.807) is 0 Å². The molecule has 0 aliphatic heterocycles. The fourth-order valence-corrected chi connectivity index (χ4v) is 0.654. The smallest absolute Gasteiger partial charge is 0.0742 e. The van der Waals surface area contributed by atoms with Crippen LogP contribution in [0.25, 0.3) is 0 Å². The van der Waals surface area contributed by atoms with Gasteiger partial charge in [0, 0.05) is 12.5 Å². The maximum atomic E-state index is 5.26. The van der Waals surface area contributed by atoms with Crippen molar-refractivity contribution < 1.29 is 0 Å². The molecule has 0 radical (unpaired) electrons. The SMILES string of the molecule is CNC(C)CC(N)=S. The summed E-state index contributed by atoms with van der Waals surface area (Å²) in [4.78, 5) is 0.576. The quantitative estimate of drug-likeness (QED) is 0.541. The molecule has 0 fully saturated rings. The lowest BCUT2D eigenvalue weighted by atomic mass is 10.2. The van der Waals surface area contributed by atoms with Crippen LogP contribution in [-0.2, 0) is 0 Å². The van der Waals surface area contributed by atoms with Crippen molar-refractivity contribution in [3.05, 3.63) is 0 Å². The average molecular weight is 132 g/mol. The maximum Gasteiger partial charge on any atom is 0.0742 e. The summed E-state index contributed by atoms with van der Waals surface area (Å²) in [6, 6.07) is 0.410. The molecule has 1 unspecified atom stereocenters. The van der Waals surface area contributed by atoms with E-state index in [-0.39, 0.29) is 0 Å². The minimum absolute atomic E-state index is 0.410. The second-order valence-electron chi connectivity index (χ2n) is 1.86. The molecule has 1 atom stereocenters. The van der Waals surface area contributed by atoms with E-state index in [1.807, 2.05) is 14.0 Å². The van der Waals surface area contributed by atoms with E-state index >= 15 is 0 Å². The van der Waals surface area contributed by atoms with Crippen LogP contribution >= 0.6 is 12.2 Å². The predicted octanol–water partition coefficient (Wildman–Crippen LogP) is 0.271. The van der Waals surface area contributed by atoms with Crippen molar-refractivity contribution >= 4 is 17.2 Å². The van der Waals surface area contributed by atoms with E-state index in [0.717, 1.165) is 6.42 Å². The molecule has 0 heterocycles. The normalized spacial score (nSPS) is 13.2. The molecule has 48 valence electrons. The van der Waals surface area contributed by atoms with E-state index in [0.29, 0.717) is 11.0 Å². The predicted molar refractivity (Wildman–Crippen MR) is 39.9 cm³/mol. The summed E-state index contributed by atoms with van der Waals surface area (Å²) in [5.41, 5.74) is 5.26. The molecule has 0 amide bonds. The van der Waals surface area contributed by atoms with Crippen LogP contribution < -0.4 is 11.1 Å². The van der Waals surface area contributed by atoms with Crippen molar-refractivity contribution in [3.63, 3.8) is 0 Å². The molecule has 3 N–H and O–H groups in total. The molecule has 0 saturated heterocycles. The minimum atomic E-state index is 0.410. The van der Waals surface area contributed by atoms with Gasteiger partial charge in [-0.15, -0.1) is 0 Å². The van der Waals surface area contributed by atoms with Gasteiger partial charge in [-0.25, -0.2) is 0 Å². The number of thiocarbonyl (C=S) groups is 1. The van der Waals surface area contributed by atoms with Crippen LogP contribution in [-0.4, -0.2) is 18.1 Å². The Kier molecular flexibility index (Phi) is 3.73. The topological polar surface area (TPSA) is 38.0 Å². The van der Waals surface area contributed by atoms with Crippen molar-refractivity contribution in [2.75, 3.05) is 7.05 Å². The number of nitrogens with two attached hydrogens (primary N) is 1. The first-order valence-corrected chi connectivity index (χ1v) is 3.03. The Morgan fingerprint density at radius 3 is 2.50 bits per heavy atom. The first-order valence-electron chi connectivity index (χ1n) is 2.62. The first kappa shape index (κ1) is 7.85. The Morgan fingerprint density at radius 1 is 1.88 bits per heavy atom. The van der Waals surface area contributed by atoms with Gasteiger partial charge in [0.25, 0.3) is 0 Å². The fraction of sp³-hybridized carbons (Fsp3) is 0.800. The van der Waals surface area contributed by atoms with Gasteiger partial charge in [-0.3, -0.25) is 0 Å². The molecule has 0 aliphatic rings. The van der Waals surface area contributed by atoms with Crippen LogP contribution in [0, 0.1) is 0 Å². The summed E-state index contributed by atoms with van der Waals surface area (Å²) in [6.07, 6.45) is 0.784. The highest BCUT2D eigenvalue weighted by molar-refractivity contribution is 7.80. The summed E-state index contributed by atoms with van der Waals surface area (Å²) < 4.78 is 0. The molecular weight excluding hydrogens is 120 g/mol. The summed E-state index contributed by atoms with van der Waals surface area (Å²) in [5, 5.41) is 3.03. The Bertz CT molecular complexity index is 82.5. The highest BCUT2D eigenvalue weighted by Gasteiger charge is 1.96. The second kappa shape index (κ2) is 3.80. The van der Waals surface area contributed by atoms with Crippen LogP contribution in [0.4, 0.5) is 0 Å². The summed E-state index contributed by atoms with van der Waals surface area (Å²) in [7, 11) is 1.89. The molecule has 0 saturated carbocycles. The lowest BCUT2D eigenvalue weighted by Gasteiger charge is -2.06. The fourth-order valence-electron chi connectivity index (χ4n) is 0.404. The highest BCUT2D eigenvalue weighted by Crippen LogP contribution is 1.87. The van der Waals surface area contributed by atoms with Crippen molar-refractivity contribution in [2.45, 2.75) is 19.4 Å². The van der Waals surface area contributed by atoms with Gasteiger partial charge >= 0.3 is 0 Å². The standard InChI is InChI=1S/C5H12N2S/c1-4(7-2)3-5(6)8/h4,7H,3H2,1-2H3,(H2,6,8). The van der Waals surface area contributed by atoms with Gasteiger partial charge in [-0.1, -0.05) is 12.2 Å². The zero-order valence-electron chi connectivity index (χ0n) is 5.27. The molecule has 0 bridgehead atoms. The molecule has 3 heteroatoms. The van der Waals surface area contributed by atoms with Gasteiger partial charge in [0.2, 0.25) is 0 Å². The average Bonchev–Trinajstić information content (AvgIpc) is 1.65. The Balaban J connectivity index is 3.24. The second-order valence-corrected chi connectivity index (χ2v) is 2.38. The molecule has 0 aliphatic carbocycles. The van der Waals surface area contributed by atoms with Crippen molar-refractivity contribution in [2.24, 2.45) is 5.73 Å². The molecule has 0 spiro atoms. The van der Waals surface area contributed by atoms with Gasteiger partial charge in [0.15, 0.2) is 0 Å². The van der Waals surface area contributed by atoms with Crippen LogP contribution in [0.15, 0.2) is 0 Å². The number of nitrogens with one attached hydrogen (secondary N) is 1. The van der Waals surface area contributed by atoms with Crippen molar-refractivity contribution in [1.29, 1.82) is 0 Å². The third kappa shape index (κ3) is 4.02. The zero-order chi connectivity index (χ0) is 6.57. The molecule has 0 rings (SSSR count). The Labute approximate surface area is 55.4 Å². The number of hydrogen-bond acceptors (Lipinski definition) is 2. The number of hydrogen-bond donors (Lipinski definition) is 2. The Hall–Kier alpha value is -0.150. The van der Waals surface area contributed by atoms with Crippen molar-refractivity contribution in [3.8, 4) is 0 Å². The van der Waals surface area contributed by atoms with E-state index < -0.39 is 0 Å². The molecule has 0 aromatic heterocycles. The molecule has 2 nitrogen and oxygen atoms in total. The lowest BCUT2D eigenvalue weighted by molar-refractivity contribution is 0.635. The third-order valence-electron chi connectivity index (χ3n) is 1.00. The lowest BCUT2D eigenvalue weighted by Crippen LogP contribution is -2.26. The third-order valence-corrected chi connectivity index (χ3v) is 1.17. The maximum absolute atomic E-state index is 5.26. The number of rotatable bonds is 3. The monoisotopic (exact) mass is 132 g/mol. The van der Waals surface area contributed by atoms with Gasteiger partial charge in [0.05, 0.1) is 4.99 Å². The van der Waals surface area contributed by atoms with E-state index in [1.165, 1.54) is 0 Å².